The Kier molecular flexibility index (Phi) is 2.69. The van der Waals surface area contributed by atoms with E-state index in [2.05, 4.69) is 0 Å². The van der Waals surface area contributed by atoms with Crippen molar-refractivity contribution in [3.05, 3.63) is 62.9 Å². The lowest BCUT2D eigenvalue weighted by Crippen LogP contribution is -2.20. The molecule has 5 nitrogen and oxygen atoms in total. The molecule has 0 saturated heterocycles. The molecule has 4 rings (SSSR count). The van der Waals surface area contributed by atoms with Gasteiger partial charge in [-0.2, -0.15) is 0 Å². The van der Waals surface area contributed by atoms with Crippen molar-refractivity contribution in [2.75, 3.05) is 0 Å². The predicted molar refractivity (Wildman–Crippen MR) is 82.2 cm³/mol. The number of benzene rings is 1. The molecule has 0 aliphatic carbocycles. The second kappa shape index (κ2) is 4.59. The highest BCUT2D eigenvalue weighted by Gasteiger charge is 2.22. The standard InChI is InChI=1S/C17H13NO4/c19-15-13(10-5-2-1-3-6-10)17(21)22-12-9-11-7-4-8-18(11)16(20)14(12)15/h1-3,5-6,9,19H,4,7-8H2. The van der Waals surface area contributed by atoms with Gasteiger partial charge in [0.2, 0.25) is 0 Å². The van der Waals surface area contributed by atoms with Gasteiger partial charge in [0.25, 0.3) is 5.56 Å². The van der Waals surface area contributed by atoms with Gasteiger partial charge in [-0.05, 0) is 18.4 Å². The molecular formula is C17H13NO4. The van der Waals surface area contributed by atoms with Gasteiger partial charge >= 0.3 is 5.63 Å². The summed E-state index contributed by atoms with van der Waals surface area (Å²) in [5.74, 6) is -0.301. The first kappa shape index (κ1) is 12.9. The number of hydrogen-bond donors (Lipinski definition) is 1. The Hall–Kier alpha value is -2.82. The Morgan fingerprint density at radius 2 is 1.91 bits per heavy atom. The fraction of sp³-hybridized carbons (Fsp3) is 0.176. The first-order valence-corrected chi connectivity index (χ1v) is 7.15. The van der Waals surface area contributed by atoms with Crippen LogP contribution in [0.3, 0.4) is 0 Å². The van der Waals surface area contributed by atoms with Gasteiger partial charge in [-0.25, -0.2) is 4.79 Å². The number of fused-ring (bicyclic) bond motifs is 2. The SMILES string of the molecule is O=c1oc2cc3n(c(=O)c2c(O)c1-c1ccccc1)CCC3. The third kappa shape index (κ3) is 1.72. The highest BCUT2D eigenvalue weighted by molar-refractivity contribution is 5.89. The summed E-state index contributed by atoms with van der Waals surface area (Å²) in [5.41, 5.74) is 0.610. The van der Waals surface area contributed by atoms with E-state index in [1.54, 1.807) is 34.9 Å². The fourth-order valence-corrected chi connectivity index (χ4v) is 3.07. The first-order valence-electron chi connectivity index (χ1n) is 7.15. The topological polar surface area (TPSA) is 72.4 Å². The highest BCUT2D eigenvalue weighted by atomic mass is 16.4. The van der Waals surface area contributed by atoms with Crippen molar-refractivity contribution in [3.63, 3.8) is 0 Å². The second-order valence-electron chi connectivity index (χ2n) is 5.41. The van der Waals surface area contributed by atoms with Gasteiger partial charge in [-0.3, -0.25) is 4.79 Å². The molecule has 1 aliphatic rings. The molecule has 110 valence electrons. The van der Waals surface area contributed by atoms with E-state index in [1.807, 2.05) is 6.07 Å². The van der Waals surface area contributed by atoms with Crippen LogP contribution in [0.5, 0.6) is 5.75 Å². The monoisotopic (exact) mass is 295 g/mol. The van der Waals surface area contributed by atoms with Crippen LogP contribution in [0.2, 0.25) is 0 Å². The van der Waals surface area contributed by atoms with E-state index < -0.39 is 5.63 Å². The number of aromatic nitrogens is 1. The molecule has 1 aromatic carbocycles. The van der Waals surface area contributed by atoms with Gasteiger partial charge < -0.3 is 14.1 Å². The Morgan fingerprint density at radius 3 is 2.68 bits per heavy atom. The van der Waals surface area contributed by atoms with Crippen molar-refractivity contribution in [2.45, 2.75) is 19.4 Å². The Bertz CT molecular complexity index is 999. The smallest absolute Gasteiger partial charge is 0.347 e. The van der Waals surface area contributed by atoms with Crippen LogP contribution in [0.25, 0.3) is 22.1 Å². The van der Waals surface area contributed by atoms with Crippen LogP contribution in [-0.4, -0.2) is 9.67 Å². The molecule has 0 atom stereocenters. The average Bonchev–Trinajstić information content (AvgIpc) is 2.96. The molecule has 5 heteroatoms. The summed E-state index contributed by atoms with van der Waals surface area (Å²) in [4.78, 5) is 24.8. The molecule has 0 fully saturated rings. The minimum atomic E-state index is -0.640. The molecule has 3 heterocycles. The molecule has 2 aromatic heterocycles. The van der Waals surface area contributed by atoms with E-state index in [9.17, 15) is 14.7 Å². The molecule has 0 unspecified atom stereocenters. The van der Waals surface area contributed by atoms with Crippen molar-refractivity contribution in [3.8, 4) is 16.9 Å². The van der Waals surface area contributed by atoms with Gasteiger partial charge in [-0.1, -0.05) is 30.3 Å². The highest BCUT2D eigenvalue weighted by Crippen LogP contribution is 2.32. The average molecular weight is 295 g/mol. The summed E-state index contributed by atoms with van der Waals surface area (Å²) in [5, 5.41) is 10.6. The number of pyridine rings is 1. The van der Waals surface area contributed by atoms with E-state index in [0.29, 0.717) is 12.1 Å². The van der Waals surface area contributed by atoms with Crippen LogP contribution in [0.1, 0.15) is 12.1 Å². The third-order valence-corrected chi connectivity index (χ3v) is 4.11. The van der Waals surface area contributed by atoms with Gasteiger partial charge in [0.05, 0.1) is 0 Å². The lowest BCUT2D eigenvalue weighted by molar-refractivity contribution is 0.469. The van der Waals surface area contributed by atoms with Gasteiger partial charge in [0, 0.05) is 18.3 Å². The molecule has 0 saturated carbocycles. The predicted octanol–water partition coefficient (Wildman–Crippen LogP) is 2.27. The number of aromatic hydroxyl groups is 1. The summed E-state index contributed by atoms with van der Waals surface area (Å²) in [7, 11) is 0. The Balaban J connectivity index is 2.14. The number of rotatable bonds is 1. The second-order valence-corrected chi connectivity index (χ2v) is 5.41. The molecule has 22 heavy (non-hydrogen) atoms. The Labute approximate surface area is 125 Å². The van der Waals surface area contributed by atoms with Crippen molar-refractivity contribution in [1.82, 2.24) is 4.57 Å². The van der Waals surface area contributed by atoms with E-state index in [4.69, 9.17) is 4.42 Å². The van der Waals surface area contributed by atoms with E-state index in [1.165, 1.54) is 0 Å². The van der Waals surface area contributed by atoms with Crippen molar-refractivity contribution >= 4 is 11.0 Å². The largest absolute Gasteiger partial charge is 0.506 e. The van der Waals surface area contributed by atoms with E-state index in [-0.39, 0.29) is 27.8 Å². The van der Waals surface area contributed by atoms with Crippen molar-refractivity contribution in [2.24, 2.45) is 0 Å². The van der Waals surface area contributed by atoms with Crippen molar-refractivity contribution in [1.29, 1.82) is 0 Å². The number of nitrogens with zero attached hydrogens (tertiary/aromatic N) is 1. The molecular weight excluding hydrogens is 282 g/mol. The molecule has 1 aliphatic heterocycles. The van der Waals surface area contributed by atoms with Crippen LogP contribution in [0.15, 0.2) is 50.4 Å². The molecule has 0 radical (unpaired) electrons. The van der Waals surface area contributed by atoms with E-state index >= 15 is 0 Å². The molecule has 0 amide bonds. The zero-order valence-corrected chi connectivity index (χ0v) is 11.7. The van der Waals surface area contributed by atoms with E-state index in [0.717, 1.165) is 18.5 Å². The summed E-state index contributed by atoms with van der Waals surface area (Å²) < 4.78 is 6.94. The molecule has 0 bridgehead atoms. The lowest BCUT2D eigenvalue weighted by atomic mass is 10.0. The summed E-state index contributed by atoms with van der Waals surface area (Å²) >= 11 is 0. The Morgan fingerprint density at radius 1 is 1.14 bits per heavy atom. The summed E-state index contributed by atoms with van der Waals surface area (Å²) in [6, 6.07) is 10.4. The molecule has 0 spiro atoms. The number of aryl methyl sites for hydroxylation is 1. The van der Waals surface area contributed by atoms with Gasteiger partial charge in [0.1, 0.15) is 22.3 Å². The normalized spacial score (nSPS) is 13.5. The zero-order chi connectivity index (χ0) is 15.3. The van der Waals surface area contributed by atoms with Crippen LogP contribution in [-0.2, 0) is 13.0 Å². The maximum atomic E-state index is 12.6. The van der Waals surface area contributed by atoms with Crippen LogP contribution in [0, 0.1) is 0 Å². The fourth-order valence-electron chi connectivity index (χ4n) is 3.07. The van der Waals surface area contributed by atoms with Crippen molar-refractivity contribution < 1.29 is 9.52 Å². The quantitative estimate of drug-likeness (QED) is 0.747. The lowest BCUT2D eigenvalue weighted by Gasteiger charge is -2.09. The minimum absolute atomic E-state index is 0.0312. The molecule has 1 N–H and O–H groups in total. The third-order valence-electron chi connectivity index (χ3n) is 4.11. The van der Waals surface area contributed by atoms with Crippen LogP contribution >= 0.6 is 0 Å². The van der Waals surface area contributed by atoms with Crippen LogP contribution in [0.4, 0.5) is 0 Å². The van der Waals surface area contributed by atoms with Gasteiger partial charge in [0.15, 0.2) is 0 Å². The van der Waals surface area contributed by atoms with Gasteiger partial charge in [-0.15, -0.1) is 0 Å². The summed E-state index contributed by atoms with van der Waals surface area (Å²) in [6.45, 7) is 0.628. The number of hydrogen-bond acceptors (Lipinski definition) is 4. The van der Waals surface area contributed by atoms with Crippen LogP contribution < -0.4 is 11.2 Å². The first-order chi connectivity index (χ1) is 10.7. The minimum Gasteiger partial charge on any atom is -0.506 e. The molecule has 3 aromatic rings. The maximum Gasteiger partial charge on any atom is 0.347 e. The summed E-state index contributed by atoms with van der Waals surface area (Å²) in [6.07, 6.45) is 1.65. The zero-order valence-electron chi connectivity index (χ0n) is 11.7. The maximum absolute atomic E-state index is 12.6.